The Morgan fingerprint density at radius 2 is 1.55 bits per heavy atom. The predicted octanol–water partition coefficient (Wildman–Crippen LogP) is 2.86. The molecule has 172 valence electrons. The molecule has 0 spiro atoms. The summed E-state index contributed by atoms with van der Waals surface area (Å²) in [6.45, 7) is 7.91. The summed E-state index contributed by atoms with van der Waals surface area (Å²) in [5, 5.41) is 0.150. The van der Waals surface area contributed by atoms with Gasteiger partial charge >= 0.3 is 17.9 Å². The first-order chi connectivity index (χ1) is 14.7. The van der Waals surface area contributed by atoms with Crippen LogP contribution in [-0.2, 0) is 44.7 Å². The first-order valence-electron chi connectivity index (χ1n) is 10.1. The SMILES string of the molecule is CC(=O)OC[C@H]1O[C@H](SC(C)C)[C@@H](OC(C)=O)[C@@H](OCc2ccccc2)[C@@H]1OC(C)=O. The van der Waals surface area contributed by atoms with Gasteiger partial charge in [-0.05, 0) is 5.56 Å². The second-order valence-electron chi connectivity index (χ2n) is 7.44. The van der Waals surface area contributed by atoms with Gasteiger partial charge in [0.25, 0.3) is 0 Å². The summed E-state index contributed by atoms with van der Waals surface area (Å²) in [7, 11) is 0. The third-order valence-corrected chi connectivity index (χ3v) is 5.53. The van der Waals surface area contributed by atoms with E-state index in [-0.39, 0.29) is 18.5 Å². The third-order valence-electron chi connectivity index (χ3n) is 4.34. The third kappa shape index (κ3) is 8.16. The van der Waals surface area contributed by atoms with E-state index in [2.05, 4.69) is 0 Å². The number of ether oxygens (including phenoxy) is 5. The summed E-state index contributed by atoms with van der Waals surface area (Å²) in [4.78, 5) is 35.1. The van der Waals surface area contributed by atoms with E-state index in [1.807, 2.05) is 44.2 Å². The lowest BCUT2D eigenvalue weighted by Gasteiger charge is -2.45. The molecule has 1 saturated heterocycles. The van der Waals surface area contributed by atoms with Crippen LogP contribution >= 0.6 is 11.8 Å². The predicted molar refractivity (Wildman–Crippen MR) is 114 cm³/mol. The van der Waals surface area contributed by atoms with Crippen LogP contribution < -0.4 is 0 Å². The fraction of sp³-hybridized carbons (Fsp3) is 0.591. The van der Waals surface area contributed by atoms with E-state index < -0.39 is 47.8 Å². The highest BCUT2D eigenvalue weighted by atomic mass is 32.2. The molecule has 5 atom stereocenters. The second kappa shape index (κ2) is 12.1. The number of carbonyl (C=O) groups excluding carboxylic acids is 3. The van der Waals surface area contributed by atoms with Gasteiger partial charge in [0, 0.05) is 26.0 Å². The summed E-state index contributed by atoms with van der Waals surface area (Å²) < 4.78 is 28.5. The minimum atomic E-state index is -0.936. The smallest absolute Gasteiger partial charge is 0.303 e. The Kier molecular flexibility index (Phi) is 9.80. The molecule has 0 saturated carbocycles. The van der Waals surface area contributed by atoms with E-state index in [4.69, 9.17) is 23.7 Å². The Hall–Kier alpha value is -2.10. The van der Waals surface area contributed by atoms with Crippen LogP contribution in [-0.4, -0.2) is 59.6 Å². The molecular formula is C22H30O8S. The quantitative estimate of drug-likeness (QED) is 0.412. The van der Waals surface area contributed by atoms with Crippen molar-refractivity contribution in [3.05, 3.63) is 35.9 Å². The van der Waals surface area contributed by atoms with Gasteiger partial charge in [0.2, 0.25) is 0 Å². The van der Waals surface area contributed by atoms with Gasteiger partial charge in [0.15, 0.2) is 12.2 Å². The molecule has 2 rings (SSSR count). The molecule has 8 nitrogen and oxygen atoms in total. The van der Waals surface area contributed by atoms with Crippen molar-refractivity contribution in [2.24, 2.45) is 0 Å². The molecule has 1 aliphatic heterocycles. The van der Waals surface area contributed by atoms with Crippen LogP contribution in [0.2, 0.25) is 0 Å². The summed E-state index contributed by atoms with van der Waals surface area (Å²) in [6, 6.07) is 9.47. The fourth-order valence-electron chi connectivity index (χ4n) is 3.20. The van der Waals surface area contributed by atoms with E-state index in [1.165, 1.54) is 32.5 Å². The maximum atomic E-state index is 11.9. The molecule has 1 aromatic carbocycles. The van der Waals surface area contributed by atoms with Crippen LogP contribution in [0.25, 0.3) is 0 Å². The molecule has 1 fully saturated rings. The number of benzene rings is 1. The van der Waals surface area contributed by atoms with Crippen molar-refractivity contribution in [3.63, 3.8) is 0 Å². The molecule has 0 bridgehead atoms. The highest BCUT2D eigenvalue weighted by Gasteiger charge is 2.51. The van der Waals surface area contributed by atoms with Crippen LogP contribution in [0.5, 0.6) is 0 Å². The Bertz CT molecular complexity index is 738. The van der Waals surface area contributed by atoms with Crippen molar-refractivity contribution < 1.29 is 38.1 Å². The Morgan fingerprint density at radius 3 is 2.10 bits per heavy atom. The average Bonchev–Trinajstić information content (AvgIpc) is 2.67. The topological polar surface area (TPSA) is 97.4 Å². The van der Waals surface area contributed by atoms with Crippen molar-refractivity contribution in [2.45, 2.75) is 76.3 Å². The number of hydrogen-bond donors (Lipinski definition) is 0. The number of esters is 3. The maximum absolute atomic E-state index is 11.9. The summed E-state index contributed by atoms with van der Waals surface area (Å²) in [6.07, 6.45) is -3.37. The number of thioether (sulfide) groups is 1. The zero-order valence-electron chi connectivity index (χ0n) is 18.4. The van der Waals surface area contributed by atoms with Gasteiger partial charge in [-0.25, -0.2) is 0 Å². The Labute approximate surface area is 186 Å². The molecule has 1 aliphatic rings. The number of hydrogen-bond acceptors (Lipinski definition) is 9. The van der Waals surface area contributed by atoms with Crippen molar-refractivity contribution in [3.8, 4) is 0 Å². The first-order valence-corrected chi connectivity index (χ1v) is 11.1. The zero-order chi connectivity index (χ0) is 23.0. The van der Waals surface area contributed by atoms with Gasteiger partial charge in [-0.2, -0.15) is 0 Å². The Morgan fingerprint density at radius 1 is 0.935 bits per heavy atom. The number of rotatable bonds is 9. The highest BCUT2D eigenvalue weighted by Crippen LogP contribution is 2.36. The maximum Gasteiger partial charge on any atom is 0.303 e. The zero-order valence-corrected chi connectivity index (χ0v) is 19.3. The van der Waals surface area contributed by atoms with Crippen molar-refractivity contribution in [1.29, 1.82) is 0 Å². The van der Waals surface area contributed by atoms with Crippen LogP contribution in [0.1, 0.15) is 40.2 Å². The van der Waals surface area contributed by atoms with E-state index in [9.17, 15) is 14.4 Å². The van der Waals surface area contributed by atoms with Crippen molar-refractivity contribution in [1.82, 2.24) is 0 Å². The standard InChI is InChI=1S/C22H30O8S/c1-13(2)31-22-21(29-16(5)25)20(27-11-17-9-7-6-8-10-17)19(28-15(4)24)18(30-22)12-26-14(3)23/h6-10,13,18-22H,11-12H2,1-5H3/t18-,19-,20+,21+,22-/m1/s1. The number of carbonyl (C=O) groups is 3. The van der Waals surface area contributed by atoms with Gasteiger partial charge in [-0.3, -0.25) is 14.4 Å². The van der Waals surface area contributed by atoms with Crippen molar-refractivity contribution >= 4 is 29.7 Å². The molecule has 0 N–H and O–H groups in total. The highest BCUT2D eigenvalue weighted by molar-refractivity contribution is 8.00. The average molecular weight is 455 g/mol. The summed E-state index contributed by atoms with van der Waals surface area (Å²) >= 11 is 1.45. The van der Waals surface area contributed by atoms with Gasteiger partial charge < -0.3 is 23.7 Å². The van der Waals surface area contributed by atoms with E-state index in [0.29, 0.717) is 0 Å². The second-order valence-corrected chi connectivity index (χ2v) is 9.12. The Balaban J connectivity index is 2.37. The van der Waals surface area contributed by atoms with Crippen LogP contribution in [0.15, 0.2) is 30.3 Å². The van der Waals surface area contributed by atoms with Crippen molar-refractivity contribution in [2.75, 3.05) is 6.61 Å². The van der Waals surface area contributed by atoms with E-state index in [1.54, 1.807) is 0 Å². The summed E-state index contributed by atoms with van der Waals surface area (Å²) in [5.41, 5.74) is 0.304. The van der Waals surface area contributed by atoms with Crippen LogP contribution in [0.4, 0.5) is 0 Å². The lowest BCUT2D eigenvalue weighted by Crippen LogP contribution is -2.61. The van der Waals surface area contributed by atoms with Gasteiger partial charge in [-0.1, -0.05) is 44.2 Å². The molecule has 1 heterocycles. The molecule has 31 heavy (non-hydrogen) atoms. The minimum Gasteiger partial charge on any atom is -0.463 e. The van der Waals surface area contributed by atoms with Gasteiger partial charge in [0.1, 0.15) is 24.3 Å². The first kappa shape index (κ1) is 25.2. The molecule has 9 heteroatoms. The summed E-state index contributed by atoms with van der Waals surface area (Å²) in [5.74, 6) is -1.54. The van der Waals surface area contributed by atoms with Gasteiger partial charge in [-0.15, -0.1) is 11.8 Å². The van der Waals surface area contributed by atoms with E-state index in [0.717, 1.165) is 5.56 Å². The molecule has 0 radical (unpaired) electrons. The monoisotopic (exact) mass is 454 g/mol. The minimum absolute atomic E-state index is 0.125. The normalized spacial score (nSPS) is 25.7. The molecule has 0 unspecified atom stereocenters. The molecule has 1 aromatic rings. The lowest BCUT2D eigenvalue weighted by molar-refractivity contribution is -0.241. The molecule has 0 aliphatic carbocycles. The molecule has 0 aromatic heterocycles. The van der Waals surface area contributed by atoms with Crippen LogP contribution in [0.3, 0.4) is 0 Å². The molecular weight excluding hydrogens is 424 g/mol. The largest absolute Gasteiger partial charge is 0.463 e. The molecule has 0 amide bonds. The van der Waals surface area contributed by atoms with Crippen LogP contribution in [0, 0.1) is 0 Å². The fourth-order valence-corrected chi connectivity index (χ4v) is 4.31. The van der Waals surface area contributed by atoms with E-state index >= 15 is 0 Å². The lowest BCUT2D eigenvalue weighted by atomic mass is 9.99. The van der Waals surface area contributed by atoms with Gasteiger partial charge in [0.05, 0.1) is 6.61 Å².